The van der Waals surface area contributed by atoms with Gasteiger partial charge in [-0.05, 0) is 20.8 Å². The molecule has 4 unspecified atom stereocenters. The Morgan fingerprint density at radius 2 is 1.42 bits per heavy atom. The highest BCUT2D eigenvalue weighted by Gasteiger charge is 2.48. The van der Waals surface area contributed by atoms with Crippen molar-refractivity contribution in [3.05, 3.63) is 0 Å². The van der Waals surface area contributed by atoms with Crippen molar-refractivity contribution in [3.63, 3.8) is 0 Å². The zero-order chi connectivity index (χ0) is 9.52. The molecule has 1 heterocycles. The first-order valence-corrected chi connectivity index (χ1v) is 4.11. The summed E-state index contributed by atoms with van der Waals surface area (Å²) in [7, 11) is 0. The van der Waals surface area contributed by atoms with E-state index >= 15 is 0 Å². The van der Waals surface area contributed by atoms with E-state index in [4.69, 9.17) is 4.74 Å². The van der Waals surface area contributed by atoms with Gasteiger partial charge in [-0.1, -0.05) is 0 Å². The zero-order valence-electron chi connectivity index (χ0n) is 7.56. The van der Waals surface area contributed by atoms with E-state index in [9.17, 15) is 15.3 Å². The molecule has 1 fully saturated rings. The molecule has 0 aliphatic carbocycles. The number of hydrogen-bond acceptors (Lipinski definition) is 4. The van der Waals surface area contributed by atoms with Gasteiger partial charge in [0.25, 0.3) is 0 Å². The minimum atomic E-state index is -1.48. The highest BCUT2D eigenvalue weighted by Crippen LogP contribution is 2.28. The molecule has 0 saturated carbocycles. The minimum Gasteiger partial charge on any atom is -0.387 e. The van der Waals surface area contributed by atoms with Crippen LogP contribution in [0.3, 0.4) is 0 Å². The van der Waals surface area contributed by atoms with E-state index in [-0.39, 0.29) is 0 Å². The van der Waals surface area contributed by atoms with Gasteiger partial charge in [-0.3, -0.25) is 0 Å². The van der Waals surface area contributed by atoms with Gasteiger partial charge in [0.15, 0.2) is 0 Å². The number of ether oxygens (including phenoxy) is 1. The van der Waals surface area contributed by atoms with Crippen LogP contribution in [0.25, 0.3) is 0 Å². The molecule has 0 spiro atoms. The number of rotatable bonds is 0. The van der Waals surface area contributed by atoms with E-state index in [0.717, 1.165) is 0 Å². The van der Waals surface area contributed by atoms with Crippen molar-refractivity contribution < 1.29 is 20.1 Å². The van der Waals surface area contributed by atoms with Crippen LogP contribution in [0, 0.1) is 0 Å². The molecular weight excluding hydrogens is 160 g/mol. The predicted octanol–water partition coefficient (Wildman–Crippen LogP) is -0.734. The van der Waals surface area contributed by atoms with E-state index in [1.54, 1.807) is 13.8 Å². The van der Waals surface area contributed by atoms with Gasteiger partial charge in [0.05, 0.1) is 12.2 Å². The van der Waals surface area contributed by atoms with Gasteiger partial charge < -0.3 is 20.1 Å². The van der Waals surface area contributed by atoms with Gasteiger partial charge in [0, 0.05) is 0 Å². The van der Waals surface area contributed by atoms with Crippen molar-refractivity contribution in [2.45, 2.75) is 50.8 Å². The van der Waals surface area contributed by atoms with E-state index in [1.807, 2.05) is 0 Å². The van der Waals surface area contributed by atoms with E-state index in [2.05, 4.69) is 0 Å². The molecule has 1 rings (SSSR count). The number of aliphatic hydroxyl groups is 3. The Labute approximate surface area is 71.8 Å². The summed E-state index contributed by atoms with van der Waals surface area (Å²) in [6, 6.07) is 0. The normalized spacial score (nSPS) is 55.5. The molecule has 12 heavy (non-hydrogen) atoms. The van der Waals surface area contributed by atoms with Gasteiger partial charge >= 0.3 is 0 Å². The van der Waals surface area contributed by atoms with Crippen LogP contribution >= 0.6 is 0 Å². The second-order valence-corrected chi connectivity index (χ2v) is 3.66. The fraction of sp³-hybridized carbons (Fsp3) is 1.00. The van der Waals surface area contributed by atoms with Crippen LogP contribution in [0.5, 0.6) is 0 Å². The molecule has 0 aromatic carbocycles. The van der Waals surface area contributed by atoms with Crippen LogP contribution in [0.15, 0.2) is 0 Å². The molecule has 1 aliphatic rings. The van der Waals surface area contributed by atoms with Gasteiger partial charge in [-0.2, -0.15) is 0 Å². The summed E-state index contributed by atoms with van der Waals surface area (Å²) in [5.74, 6) is 0. The molecule has 0 aromatic heterocycles. The molecule has 72 valence electrons. The highest BCUT2D eigenvalue weighted by atomic mass is 16.5. The minimum absolute atomic E-state index is 0.446. The third kappa shape index (κ3) is 1.35. The van der Waals surface area contributed by atoms with Crippen molar-refractivity contribution in [1.82, 2.24) is 0 Å². The van der Waals surface area contributed by atoms with E-state index in [1.165, 1.54) is 6.92 Å². The fourth-order valence-electron chi connectivity index (χ4n) is 1.61. The van der Waals surface area contributed by atoms with Crippen LogP contribution < -0.4 is 0 Å². The average molecular weight is 176 g/mol. The Bertz CT molecular complexity index is 152. The smallest absolute Gasteiger partial charge is 0.118 e. The SMILES string of the molecule is CC1OC(C)C(O)C(C)(O)C1O. The van der Waals surface area contributed by atoms with Gasteiger partial charge in [0.2, 0.25) is 0 Å². The molecule has 0 aromatic rings. The first kappa shape index (κ1) is 9.92. The Morgan fingerprint density at radius 3 is 1.75 bits per heavy atom. The third-order valence-corrected chi connectivity index (χ3v) is 2.52. The molecule has 4 nitrogen and oxygen atoms in total. The summed E-state index contributed by atoms with van der Waals surface area (Å²) in [5, 5.41) is 28.6. The van der Waals surface area contributed by atoms with Crippen molar-refractivity contribution >= 4 is 0 Å². The quantitative estimate of drug-likeness (QED) is 0.455. The monoisotopic (exact) mass is 176 g/mol. The average Bonchev–Trinajstić information content (AvgIpc) is 1.99. The van der Waals surface area contributed by atoms with Gasteiger partial charge in [-0.25, -0.2) is 0 Å². The summed E-state index contributed by atoms with van der Waals surface area (Å²) in [6.45, 7) is 4.75. The standard InChI is InChI=1S/C8H16O4/c1-4-6(9)8(3,11)7(10)5(2)12-4/h4-7,9-11H,1-3H3. The lowest BCUT2D eigenvalue weighted by atomic mass is 9.84. The largest absolute Gasteiger partial charge is 0.387 e. The van der Waals surface area contributed by atoms with Gasteiger partial charge in [0.1, 0.15) is 17.8 Å². The van der Waals surface area contributed by atoms with Crippen molar-refractivity contribution in [1.29, 1.82) is 0 Å². The highest BCUT2D eigenvalue weighted by molar-refractivity contribution is 4.98. The maximum Gasteiger partial charge on any atom is 0.118 e. The van der Waals surface area contributed by atoms with Crippen molar-refractivity contribution in [2.75, 3.05) is 0 Å². The van der Waals surface area contributed by atoms with Crippen molar-refractivity contribution in [3.8, 4) is 0 Å². The summed E-state index contributed by atoms with van der Waals surface area (Å²) in [5.41, 5.74) is -1.48. The lowest BCUT2D eigenvalue weighted by Crippen LogP contribution is -2.63. The Kier molecular flexibility index (Phi) is 2.45. The maximum atomic E-state index is 9.67. The number of hydrogen-bond donors (Lipinski definition) is 3. The van der Waals surface area contributed by atoms with Crippen LogP contribution in [-0.4, -0.2) is 45.3 Å². The summed E-state index contributed by atoms with van der Waals surface area (Å²) in [4.78, 5) is 0. The van der Waals surface area contributed by atoms with Crippen LogP contribution in [-0.2, 0) is 4.74 Å². The van der Waals surface area contributed by atoms with Gasteiger partial charge in [-0.15, -0.1) is 0 Å². The molecule has 0 amide bonds. The topological polar surface area (TPSA) is 69.9 Å². The van der Waals surface area contributed by atoms with E-state index in [0.29, 0.717) is 0 Å². The van der Waals surface area contributed by atoms with Crippen molar-refractivity contribution in [2.24, 2.45) is 0 Å². The molecule has 1 aliphatic heterocycles. The molecule has 4 heteroatoms. The first-order valence-electron chi connectivity index (χ1n) is 4.11. The van der Waals surface area contributed by atoms with Crippen LogP contribution in [0.1, 0.15) is 20.8 Å². The summed E-state index contributed by atoms with van der Waals surface area (Å²) < 4.78 is 5.19. The Balaban J connectivity index is 2.82. The van der Waals surface area contributed by atoms with Crippen LogP contribution in [0.2, 0.25) is 0 Å². The fourth-order valence-corrected chi connectivity index (χ4v) is 1.61. The lowest BCUT2D eigenvalue weighted by Gasteiger charge is -2.44. The number of aliphatic hydroxyl groups excluding tert-OH is 2. The second-order valence-electron chi connectivity index (χ2n) is 3.66. The van der Waals surface area contributed by atoms with Crippen LogP contribution in [0.4, 0.5) is 0 Å². The predicted molar refractivity (Wildman–Crippen MR) is 42.6 cm³/mol. The first-order chi connectivity index (χ1) is 5.37. The molecule has 0 bridgehead atoms. The Morgan fingerprint density at radius 1 is 1.08 bits per heavy atom. The molecule has 0 radical (unpaired) electrons. The molecule has 1 saturated heterocycles. The summed E-state index contributed by atoms with van der Waals surface area (Å²) >= 11 is 0. The third-order valence-electron chi connectivity index (χ3n) is 2.52. The molecular formula is C8H16O4. The summed E-state index contributed by atoms with van der Waals surface area (Å²) in [6.07, 6.45) is -2.97. The molecule has 3 N–H and O–H groups in total. The second kappa shape index (κ2) is 2.96. The molecule has 4 atom stereocenters. The maximum absolute atomic E-state index is 9.67. The zero-order valence-corrected chi connectivity index (χ0v) is 7.56. The lowest BCUT2D eigenvalue weighted by molar-refractivity contribution is -0.255. The van der Waals surface area contributed by atoms with E-state index < -0.39 is 30.0 Å². The Hall–Kier alpha value is -0.160.